The van der Waals surface area contributed by atoms with Gasteiger partial charge in [0.15, 0.2) is 0 Å². The molecule has 1 heterocycles. The number of allylic oxidation sites excluding steroid dienone is 2. The third kappa shape index (κ3) is 4.78. The number of likely N-dealkylation sites (tertiary alicyclic amines) is 1. The number of hydrogen-bond donors (Lipinski definition) is 0. The molecule has 0 spiro atoms. The van der Waals surface area contributed by atoms with Crippen molar-refractivity contribution in [2.24, 2.45) is 11.8 Å². The van der Waals surface area contributed by atoms with Gasteiger partial charge in [-0.2, -0.15) is 0 Å². The number of carbonyl (C=O) groups excluding carboxylic acids is 4. The standard InChI is InChI=1S/C19H21NO6/c1-25-19(24)20-11-10-15(9-5-6-12-21)16(17(20)22)18(23)26-13-14-7-3-2-4-8-14/h2-8,12,15-16H,9-11,13H2,1H3/b6-5+/t15-,16+/m0/s1. The Labute approximate surface area is 151 Å². The van der Waals surface area contributed by atoms with Crippen LogP contribution in [0.15, 0.2) is 42.5 Å². The Bertz CT molecular complexity index is 685. The van der Waals surface area contributed by atoms with Gasteiger partial charge >= 0.3 is 12.1 Å². The molecule has 2 atom stereocenters. The van der Waals surface area contributed by atoms with Crippen LogP contribution < -0.4 is 0 Å². The predicted octanol–water partition coefficient (Wildman–Crippen LogP) is 2.11. The summed E-state index contributed by atoms with van der Waals surface area (Å²) in [5.74, 6) is -2.77. The van der Waals surface area contributed by atoms with E-state index >= 15 is 0 Å². The molecule has 1 aliphatic rings. The van der Waals surface area contributed by atoms with Crippen molar-refractivity contribution in [3.05, 3.63) is 48.0 Å². The van der Waals surface area contributed by atoms with Gasteiger partial charge in [-0.15, -0.1) is 0 Å². The van der Waals surface area contributed by atoms with E-state index < -0.39 is 23.9 Å². The first-order valence-corrected chi connectivity index (χ1v) is 8.28. The fourth-order valence-corrected chi connectivity index (χ4v) is 2.91. The van der Waals surface area contributed by atoms with Gasteiger partial charge in [0.2, 0.25) is 5.91 Å². The minimum Gasteiger partial charge on any atom is -0.460 e. The highest BCUT2D eigenvalue weighted by Crippen LogP contribution is 2.30. The fourth-order valence-electron chi connectivity index (χ4n) is 2.91. The number of amides is 2. The molecule has 1 saturated heterocycles. The molecule has 1 aromatic rings. The third-order valence-electron chi connectivity index (χ3n) is 4.25. The van der Waals surface area contributed by atoms with E-state index in [0.717, 1.165) is 10.5 Å². The lowest BCUT2D eigenvalue weighted by Crippen LogP contribution is -2.51. The smallest absolute Gasteiger partial charge is 0.416 e. The number of imide groups is 1. The summed E-state index contributed by atoms with van der Waals surface area (Å²) >= 11 is 0. The number of nitrogens with zero attached hydrogens (tertiary/aromatic N) is 1. The monoisotopic (exact) mass is 359 g/mol. The molecule has 0 N–H and O–H groups in total. The molecule has 0 unspecified atom stereocenters. The van der Waals surface area contributed by atoms with E-state index in [2.05, 4.69) is 4.74 Å². The molecule has 138 valence electrons. The van der Waals surface area contributed by atoms with Crippen LogP contribution in [0.2, 0.25) is 0 Å². The molecule has 2 amide bonds. The van der Waals surface area contributed by atoms with Gasteiger partial charge in [0.1, 0.15) is 18.8 Å². The first-order valence-electron chi connectivity index (χ1n) is 8.28. The van der Waals surface area contributed by atoms with Crippen LogP contribution in [0.3, 0.4) is 0 Å². The first kappa shape index (κ1) is 19.4. The highest BCUT2D eigenvalue weighted by atomic mass is 16.5. The van der Waals surface area contributed by atoms with Crippen molar-refractivity contribution in [1.82, 2.24) is 4.90 Å². The third-order valence-corrected chi connectivity index (χ3v) is 4.25. The summed E-state index contributed by atoms with van der Waals surface area (Å²) < 4.78 is 9.91. The number of benzene rings is 1. The molecule has 1 fully saturated rings. The van der Waals surface area contributed by atoms with Gasteiger partial charge in [-0.05, 0) is 30.4 Å². The van der Waals surface area contributed by atoms with Crippen molar-refractivity contribution in [1.29, 1.82) is 0 Å². The predicted molar refractivity (Wildman–Crippen MR) is 91.8 cm³/mol. The van der Waals surface area contributed by atoms with Crippen LogP contribution in [0.5, 0.6) is 0 Å². The zero-order valence-electron chi connectivity index (χ0n) is 14.5. The van der Waals surface area contributed by atoms with Crippen LogP contribution in [-0.2, 0) is 30.5 Å². The Morgan fingerprint density at radius 2 is 2.00 bits per heavy atom. The average molecular weight is 359 g/mol. The maximum absolute atomic E-state index is 12.7. The second kappa shape index (κ2) is 9.50. The lowest BCUT2D eigenvalue weighted by Gasteiger charge is -2.34. The van der Waals surface area contributed by atoms with Crippen LogP contribution in [0.4, 0.5) is 4.79 Å². The number of rotatable bonds is 6. The van der Waals surface area contributed by atoms with E-state index in [4.69, 9.17) is 4.74 Å². The highest BCUT2D eigenvalue weighted by Gasteiger charge is 2.44. The molecule has 0 radical (unpaired) electrons. The van der Waals surface area contributed by atoms with Crippen LogP contribution in [0.25, 0.3) is 0 Å². The van der Waals surface area contributed by atoms with Gasteiger partial charge in [0, 0.05) is 6.54 Å². The number of ether oxygens (including phenoxy) is 2. The molecule has 2 rings (SSSR count). The first-order chi connectivity index (χ1) is 12.6. The fraction of sp³-hybridized carbons (Fsp3) is 0.368. The van der Waals surface area contributed by atoms with Gasteiger partial charge in [-0.25, -0.2) is 9.69 Å². The molecule has 0 bridgehead atoms. The van der Waals surface area contributed by atoms with Gasteiger partial charge < -0.3 is 9.47 Å². The largest absolute Gasteiger partial charge is 0.460 e. The summed E-state index contributed by atoms with van der Waals surface area (Å²) in [6.45, 7) is 0.201. The molecule has 1 aliphatic heterocycles. The molecule has 1 aromatic carbocycles. The van der Waals surface area contributed by atoms with E-state index in [0.29, 0.717) is 19.1 Å². The molecule has 0 saturated carbocycles. The quantitative estimate of drug-likeness (QED) is 0.334. The SMILES string of the molecule is COC(=O)N1CC[C@H](C/C=C/C=O)[C@@H](C(=O)OCc2ccccc2)C1=O. The van der Waals surface area contributed by atoms with Crippen molar-refractivity contribution in [2.75, 3.05) is 13.7 Å². The van der Waals surface area contributed by atoms with Gasteiger partial charge in [-0.3, -0.25) is 14.4 Å². The lowest BCUT2D eigenvalue weighted by molar-refractivity contribution is -0.161. The zero-order chi connectivity index (χ0) is 18.9. The number of carbonyl (C=O) groups is 4. The molecule has 26 heavy (non-hydrogen) atoms. The Morgan fingerprint density at radius 3 is 2.65 bits per heavy atom. The summed E-state index contributed by atoms with van der Waals surface area (Å²) in [4.78, 5) is 48.4. The zero-order valence-corrected chi connectivity index (χ0v) is 14.5. The van der Waals surface area contributed by atoms with Crippen molar-refractivity contribution in [3.8, 4) is 0 Å². The average Bonchev–Trinajstić information content (AvgIpc) is 2.66. The molecule has 7 heteroatoms. The Kier molecular flexibility index (Phi) is 7.08. The summed E-state index contributed by atoms with van der Waals surface area (Å²) in [6.07, 6.45) is 3.56. The summed E-state index contributed by atoms with van der Waals surface area (Å²) in [5.41, 5.74) is 0.798. The summed E-state index contributed by atoms with van der Waals surface area (Å²) in [7, 11) is 1.18. The number of aldehydes is 1. The van der Waals surface area contributed by atoms with E-state index in [1.54, 1.807) is 18.2 Å². The Hall–Kier alpha value is -2.96. The van der Waals surface area contributed by atoms with Crippen LogP contribution in [0, 0.1) is 11.8 Å². The lowest BCUT2D eigenvalue weighted by atomic mass is 9.82. The minimum atomic E-state index is -1.11. The molecule has 0 aliphatic carbocycles. The maximum atomic E-state index is 12.7. The maximum Gasteiger partial charge on any atom is 0.416 e. The topological polar surface area (TPSA) is 90.0 Å². The number of piperidine rings is 1. The van der Waals surface area contributed by atoms with Crippen molar-refractivity contribution in [3.63, 3.8) is 0 Å². The van der Waals surface area contributed by atoms with Crippen molar-refractivity contribution >= 4 is 24.3 Å². The minimum absolute atomic E-state index is 0.0403. The van der Waals surface area contributed by atoms with E-state index in [1.807, 2.05) is 18.2 Å². The van der Waals surface area contributed by atoms with Crippen molar-refractivity contribution < 1.29 is 28.7 Å². The van der Waals surface area contributed by atoms with Crippen LogP contribution in [-0.4, -0.2) is 42.8 Å². The Morgan fingerprint density at radius 1 is 1.27 bits per heavy atom. The molecule has 0 aromatic heterocycles. The molecular weight excluding hydrogens is 338 g/mol. The van der Waals surface area contributed by atoms with Crippen LogP contribution in [0.1, 0.15) is 18.4 Å². The molecular formula is C19H21NO6. The highest BCUT2D eigenvalue weighted by molar-refractivity contribution is 6.04. The normalized spacial score (nSPS) is 20.0. The van der Waals surface area contributed by atoms with Gasteiger partial charge in [-0.1, -0.05) is 36.4 Å². The number of esters is 1. The Balaban J connectivity index is 2.13. The van der Waals surface area contributed by atoms with E-state index in [9.17, 15) is 19.2 Å². The number of methoxy groups -OCH3 is 1. The summed E-state index contributed by atoms with van der Waals surface area (Å²) in [5, 5.41) is 0. The van der Waals surface area contributed by atoms with Crippen LogP contribution >= 0.6 is 0 Å². The summed E-state index contributed by atoms with van der Waals surface area (Å²) in [6, 6.07) is 9.10. The van der Waals surface area contributed by atoms with Crippen molar-refractivity contribution in [2.45, 2.75) is 19.4 Å². The second-order valence-corrected chi connectivity index (χ2v) is 5.88. The van der Waals surface area contributed by atoms with E-state index in [1.165, 1.54) is 13.2 Å². The van der Waals surface area contributed by atoms with Gasteiger partial charge in [0.05, 0.1) is 7.11 Å². The second-order valence-electron chi connectivity index (χ2n) is 5.88. The number of hydrogen-bond acceptors (Lipinski definition) is 6. The van der Waals surface area contributed by atoms with Gasteiger partial charge in [0.25, 0.3) is 0 Å². The molecule has 7 nitrogen and oxygen atoms in total. The van der Waals surface area contributed by atoms with E-state index in [-0.39, 0.29) is 19.1 Å².